The van der Waals surface area contributed by atoms with Gasteiger partial charge in [0.15, 0.2) is 0 Å². The summed E-state index contributed by atoms with van der Waals surface area (Å²) < 4.78 is 0. The van der Waals surface area contributed by atoms with Gasteiger partial charge in [0.1, 0.15) is 0 Å². The van der Waals surface area contributed by atoms with E-state index < -0.39 is 11.4 Å². The molecule has 1 fully saturated rings. The molecule has 1 saturated carbocycles. The number of nitrogens with one attached hydrogen (secondary N) is 1. The normalized spacial score (nSPS) is 22.8. The summed E-state index contributed by atoms with van der Waals surface area (Å²) >= 11 is 0. The van der Waals surface area contributed by atoms with E-state index in [4.69, 9.17) is 0 Å². The fraction of sp³-hybridized carbons (Fsp3) is 0.882. The Morgan fingerprint density at radius 3 is 2.10 bits per heavy atom. The lowest BCUT2D eigenvalue weighted by atomic mass is 9.78. The molecule has 0 heterocycles. The Bertz CT molecular complexity index is 342. The molecule has 1 amide bonds. The van der Waals surface area contributed by atoms with E-state index in [1.807, 2.05) is 13.8 Å². The minimum absolute atomic E-state index is 0.0972. The minimum atomic E-state index is -0.899. The van der Waals surface area contributed by atoms with Gasteiger partial charge in [0, 0.05) is 12.5 Å². The van der Waals surface area contributed by atoms with Crippen LogP contribution in [0.4, 0.5) is 0 Å². The predicted octanol–water partition coefficient (Wildman–Crippen LogP) is 3.74. The van der Waals surface area contributed by atoms with Crippen LogP contribution in [0.1, 0.15) is 78.6 Å². The highest BCUT2D eigenvalue weighted by atomic mass is 16.4. The van der Waals surface area contributed by atoms with Crippen molar-refractivity contribution in [2.45, 2.75) is 84.6 Å². The van der Waals surface area contributed by atoms with Crippen molar-refractivity contribution in [1.82, 2.24) is 5.32 Å². The third-order valence-electron chi connectivity index (χ3n) is 5.21. The fourth-order valence-corrected chi connectivity index (χ4v) is 3.47. The van der Waals surface area contributed by atoms with Crippen molar-refractivity contribution in [2.24, 2.45) is 11.3 Å². The first-order chi connectivity index (χ1) is 9.97. The van der Waals surface area contributed by atoms with Crippen LogP contribution in [0.5, 0.6) is 0 Å². The molecule has 21 heavy (non-hydrogen) atoms. The molecule has 0 aromatic carbocycles. The van der Waals surface area contributed by atoms with Gasteiger partial charge in [-0.2, -0.15) is 0 Å². The van der Waals surface area contributed by atoms with E-state index in [1.165, 1.54) is 25.7 Å². The van der Waals surface area contributed by atoms with E-state index in [1.54, 1.807) is 0 Å². The molecule has 0 bridgehead atoms. The third kappa shape index (κ3) is 5.01. The zero-order valence-corrected chi connectivity index (χ0v) is 13.8. The smallest absolute Gasteiger partial charge is 0.310 e. The molecule has 1 rings (SSSR count). The maximum Gasteiger partial charge on any atom is 0.310 e. The maximum atomic E-state index is 12.2. The largest absolute Gasteiger partial charge is 0.481 e. The van der Waals surface area contributed by atoms with Crippen LogP contribution >= 0.6 is 0 Å². The Morgan fingerprint density at radius 1 is 1.10 bits per heavy atom. The number of rotatable bonds is 8. The minimum Gasteiger partial charge on any atom is -0.481 e. The van der Waals surface area contributed by atoms with Gasteiger partial charge in [-0.1, -0.05) is 33.6 Å². The summed E-state index contributed by atoms with van der Waals surface area (Å²) in [4.78, 5) is 23.6. The zero-order valence-electron chi connectivity index (χ0n) is 13.8. The lowest BCUT2D eigenvalue weighted by molar-refractivity contribution is -0.152. The molecule has 1 aliphatic rings. The summed E-state index contributed by atoms with van der Waals surface area (Å²) in [6.45, 7) is 5.91. The standard InChI is InChI=1S/C17H31NO3/c1-4-7-13-8-10-14(11-9-13)18-15(19)12-17(5-2,6-3)16(20)21/h13-14H,4-12H2,1-3H3,(H,18,19)(H,20,21). The number of carboxylic acids is 1. The molecule has 0 aromatic rings. The Morgan fingerprint density at radius 2 is 1.67 bits per heavy atom. The SMILES string of the molecule is CCCC1CCC(NC(=O)CC(CC)(CC)C(=O)O)CC1. The maximum absolute atomic E-state index is 12.2. The van der Waals surface area contributed by atoms with Crippen molar-refractivity contribution in [3.05, 3.63) is 0 Å². The van der Waals surface area contributed by atoms with Crippen molar-refractivity contribution < 1.29 is 14.7 Å². The predicted molar refractivity (Wildman–Crippen MR) is 84.1 cm³/mol. The van der Waals surface area contributed by atoms with Crippen molar-refractivity contribution in [3.8, 4) is 0 Å². The molecule has 1 aliphatic carbocycles. The van der Waals surface area contributed by atoms with Gasteiger partial charge in [-0.15, -0.1) is 0 Å². The molecule has 0 unspecified atom stereocenters. The number of aliphatic carboxylic acids is 1. The van der Waals surface area contributed by atoms with Crippen LogP contribution in [0.15, 0.2) is 0 Å². The Kier molecular flexibility index (Phi) is 7.20. The van der Waals surface area contributed by atoms with E-state index in [0.29, 0.717) is 12.8 Å². The lowest BCUT2D eigenvalue weighted by Crippen LogP contribution is -2.42. The monoisotopic (exact) mass is 297 g/mol. The molecule has 0 radical (unpaired) electrons. The highest BCUT2D eigenvalue weighted by Gasteiger charge is 2.37. The van der Waals surface area contributed by atoms with E-state index in [9.17, 15) is 14.7 Å². The lowest BCUT2D eigenvalue weighted by Gasteiger charge is -2.31. The molecule has 2 N–H and O–H groups in total. The van der Waals surface area contributed by atoms with Crippen LogP contribution in [-0.2, 0) is 9.59 Å². The number of hydrogen-bond donors (Lipinski definition) is 2. The molecule has 0 atom stereocenters. The molecule has 122 valence electrons. The average Bonchev–Trinajstić information content (AvgIpc) is 2.47. The van der Waals surface area contributed by atoms with Crippen LogP contribution in [0, 0.1) is 11.3 Å². The highest BCUT2D eigenvalue weighted by molar-refractivity contribution is 5.85. The molecule has 4 heteroatoms. The van der Waals surface area contributed by atoms with Gasteiger partial charge in [-0.25, -0.2) is 0 Å². The Hall–Kier alpha value is -1.06. The van der Waals surface area contributed by atoms with Gasteiger partial charge < -0.3 is 10.4 Å². The first-order valence-corrected chi connectivity index (χ1v) is 8.50. The van der Waals surface area contributed by atoms with Gasteiger partial charge >= 0.3 is 5.97 Å². The summed E-state index contributed by atoms with van der Waals surface area (Å²) in [6, 6.07) is 0.241. The quantitative estimate of drug-likeness (QED) is 0.717. The van der Waals surface area contributed by atoms with Crippen molar-refractivity contribution in [3.63, 3.8) is 0 Å². The molecule has 0 aliphatic heterocycles. The number of carboxylic acid groups (broad SMARTS) is 1. The van der Waals surface area contributed by atoms with Crippen molar-refractivity contribution in [2.75, 3.05) is 0 Å². The number of carbonyl (C=O) groups excluding carboxylic acids is 1. The van der Waals surface area contributed by atoms with Crippen molar-refractivity contribution in [1.29, 1.82) is 0 Å². The van der Waals surface area contributed by atoms with Gasteiger partial charge in [0.2, 0.25) is 5.91 Å². The summed E-state index contributed by atoms with van der Waals surface area (Å²) in [5.74, 6) is -0.137. The first-order valence-electron chi connectivity index (χ1n) is 8.50. The first kappa shape index (κ1) is 18.0. The topological polar surface area (TPSA) is 66.4 Å². The number of amides is 1. The summed E-state index contributed by atoms with van der Waals surface area (Å²) in [5.41, 5.74) is -0.899. The fourth-order valence-electron chi connectivity index (χ4n) is 3.47. The van der Waals surface area contributed by atoms with Gasteiger partial charge in [0.25, 0.3) is 0 Å². The Labute approximate surface area is 128 Å². The number of carbonyl (C=O) groups is 2. The molecular formula is C17H31NO3. The van der Waals surface area contributed by atoms with Crippen LogP contribution in [-0.4, -0.2) is 23.0 Å². The molecule has 0 aromatic heterocycles. The van der Waals surface area contributed by atoms with Crippen molar-refractivity contribution >= 4 is 11.9 Å². The second-order valence-corrected chi connectivity index (χ2v) is 6.54. The summed E-state index contributed by atoms with van der Waals surface area (Å²) in [5, 5.41) is 12.5. The van der Waals surface area contributed by atoms with E-state index in [-0.39, 0.29) is 18.4 Å². The highest BCUT2D eigenvalue weighted by Crippen LogP contribution is 2.32. The molecular weight excluding hydrogens is 266 g/mol. The van der Waals surface area contributed by atoms with Gasteiger partial charge in [0.05, 0.1) is 5.41 Å². The van der Waals surface area contributed by atoms with E-state index in [0.717, 1.165) is 18.8 Å². The molecule has 0 spiro atoms. The second-order valence-electron chi connectivity index (χ2n) is 6.54. The van der Waals surface area contributed by atoms with Crippen LogP contribution in [0.2, 0.25) is 0 Å². The van der Waals surface area contributed by atoms with E-state index >= 15 is 0 Å². The second kappa shape index (κ2) is 8.40. The molecule has 0 saturated heterocycles. The van der Waals surface area contributed by atoms with Crippen LogP contribution in [0.3, 0.4) is 0 Å². The van der Waals surface area contributed by atoms with Crippen LogP contribution < -0.4 is 5.32 Å². The van der Waals surface area contributed by atoms with Crippen LogP contribution in [0.25, 0.3) is 0 Å². The number of hydrogen-bond acceptors (Lipinski definition) is 2. The Balaban J connectivity index is 2.45. The molecule has 4 nitrogen and oxygen atoms in total. The van der Waals surface area contributed by atoms with E-state index in [2.05, 4.69) is 12.2 Å². The van der Waals surface area contributed by atoms with Gasteiger partial charge in [-0.05, 0) is 44.4 Å². The van der Waals surface area contributed by atoms with Gasteiger partial charge in [-0.3, -0.25) is 9.59 Å². The average molecular weight is 297 g/mol. The summed E-state index contributed by atoms with van der Waals surface area (Å²) in [7, 11) is 0. The summed E-state index contributed by atoms with van der Waals surface area (Å²) in [6.07, 6.45) is 8.05. The zero-order chi connectivity index (χ0) is 15.9. The third-order valence-corrected chi connectivity index (χ3v) is 5.21.